The number of carbonyl (C=O) groups is 2. The fourth-order valence-corrected chi connectivity index (χ4v) is 5.07. The minimum atomic E-state index is -0.0621. The van der Waals surface area contributed by atoms with E-state index in [1.54, 1.807) is 11.3 Å². The molecule has 1 aliphatic carbocycles. The van der Waals surface area contributed by atoms with E-state index in [-0.39, 0.29) is 36.4 Å². The van der Waals surface area contributed by atoms with Crippen LogP contribution < -0.4 is 0 Å². The van der Waals surface area contributed by atoms with Crippen LogP contribution in [0.15, 0.2) is 35.7 Å². The van der Waals surface area contributed by atoms with Crippen molar-refractivity contribution in [2.45, 2.75) is 58.5 Å². The summed E-state index contributed by atoms with van der Waals surface area (Å²) in [5.74, 6) is 0.351. The van der Waals surface area contributed by atoms with Crippen molar-refractivity contribution < 1.29 is 9.59 Å². The predicted octanol–water partition coefficient (Wildman–Crippen LogP) is 4.57. The largest absolute Gasteiger partial charge is 0.330 e. The molecule has 0 radical (unpaired) electrons. The van der Waals surface area contributed by atoms with Crippen molar-refractivity contribution in [3.63, 3.8) is 0 Å². The third-order valence-electron chi connectivity index (χ3n) is 6.32. The molecule has 29 heavy (non-hydrogen) atoms. The molecule has 2 aliphatic rings. The van der Waals surface area contributed by atoms with Gasteiger partial charge in [0, 0.05) is 23.4 Å². The van der Waals surface area contributed by atoms with E-state index >= 15 is 0 Å². The monoisotopic (exact) mass is 410 g/mol. The van der Waals surface area contributed by atoms with Crippen LogP contribution in [0.25, 0.3) is 0 Å². The van der Waals surface area contributed by atoms with Crippen LogP contribution in [0.2, 0.25) is 0 Å². The van der Waals surface area contributed by atoms with E-state index in [1.165, 1.54) is 16.0 Å². The molecule has 1 aliphatic heterocycles. The first kappa shape index (κ1) is 20.1. The van der Waals surface area contributed by atoms with Crippen LogP contribution in [0.4, 0.5) is 0 Å². The Labute approximate surface area is 177 Å². The lowest BCUT2D eigenvalue weighted by atomic mass is 9.92. The Kier molecular flexibility index (Phi) is 5.77. The molecule has 1 fully saturated rings. The molecule has 4 nitrogen and oxygen atoms in total. The quantitative estimate of drug-likeness (QED) is 0.700. The molecule has 0 N–H and O–H groups in total. The van der Waals surface area contributed by atoms with Crippen molar-refractivity contribution >= 4 is 23.2 Å². The van der Waals surface area contributed by atoms with Crippen molar-refractivity contribution in [2.75, 3.05) is 13.1 Å². The standard InChI is InChI=1S/C24H30N2O2S/c1-4-17(3)26(24(28)19-9-10-19)15-22(27)25-13-11-21-20(12-14-29-21)23(25)18-7-5-16(2)6-8-18/h5-8,12,14,17,19,23H,4,9-11,13,15H2,1-3H3/t17-,23+/m0/s1. The van der Waals surface area contributed by atoms with Crippen molar-refractivity contribution in [1.82, 2.24) is 9.80 Å². The van der Waals surface area contributed by atoms with Crippen LogP contribution in [0, 0.1) is 12.8 Å². The summed E-state index contributed by atoms with van der Waals surface area (Å²) in [4.78, 5) is 31.5. The molecule has 0 bridgehead atoms. The molecule has 1 aromatic carbocycles. The summed E-state index contributed by atoms with van der Waals surface area (Å²) >= 11 is 1.78. The minimum absolute atomic E-state index is 0.0572. The molecular weight excluding hydrogens is 380 g/mol. The Hall–Kier alpha value is -2.14. The highest BCUT2D eigenvalue weighted by Crippen LogP contribution is 2.38. The van der Waals surface area contributed by atoms with Gasteiger partial charge in [0.15, 0.2) is 0 Å². The molecule has 0 saturated heterocycles. The van der Waals surface area contributed by atoms with Gasteiger partial charge in [-0.1, -0.05) is 36.8 Å². The first-order valence-electron chi connectivity index (χ1n) is 10.7. The smallest absolute Gasteiger partial charge is 0.243 e. The van der Waals surface area contributed by atoms with Gasteiger partial charge < -0.3 is 9.80 Å². The first-order chi connectivity index (χ1) is 14.0. The zero-order valence-electron chi connectivity index (χ0n) is 17.6. The first-order valence-corrected chi connectivity index (χ1v) is 11.6. The van der Waals surface area contributed by atoms with Crippen LogP contribution in [-0.4, -0.2) is 40.7 Å². The number of hydrogen-bond donors (Lipinski definition) is 0. The van der Waals surface area contributed by atoms with Crippen LogP contribution in [-0.2, 0) is 16.0 Å². The zero-order valence-corrected chi connectivity index (χ0v) is 18.4. The van der Waals surface area contributed by atoms with Gasteiger partial charge in [0.05, 0.1) is 6.04 Å². The van der Waals surface area contributed by atoms with Crippen molar-refractivity contribution in [3.8, 4) is 0 Å². The van der Waals surface area contributed by atoms with Gasteiger partial charge in [0.1, 0.15) is 6.54 Å². The van der Waals surface area contributed by atoms with Gasteiger partial charge in [0.25, 0.3) is 0 Å². The highest BCUT2D eigenvalue weighted by Gasteiger charge is 2.38. The number of hydrogen-bond acceptors (Lipinski definition) is 3. The van der Waals surface area contributed by atoms with E-state index < -0.39 is 0 Å². The average molecular weight is 411 g/mol. The van der Waals surface area contributed by atoms with Gasteiger partial charge in [-0.2, -0.15) is 0 Å². The van der Waals surface area contributed by atoms with E-state index in [1.807, 2.05) is 9.80 Å². The SMILES string of the molecule is CC[C@H](C)N(CC(=O)N1CCc2sccc2[C@H]1c1ccc(C)cc1)C(=O)C1CC1. The highest BCUT2D eigenvalue weighted by atomic mass is 32.1. The van der Waals surface area contributed by atoms with Crippen molar-refractivity contribution in [2.24, 2.45) is 5.92 Å². The van der Waals surface area contributed by atoms with Crippen molar-refractivity contribution in [3.05, 3.63) is 57.3 Å². The molecule has 2 aromatic rings. The molecule has 2 heterocycles. The summed E-state index contributed by atoms with van der Waals surface area (Å²) < 4.78 is 0. The van der Waals surface area contributed by atoms with E-state index in [4.69, 9.17) is 0 Å². The lowest BCUT2D eigenvalue weighted by Gasteiger charge is -2.38. The maximum atomic E-state index is 13.5. The Bertz CT molecular complexity index is 885. The van der Waals surface area contributed by atoms with Crippen LogP contribution in [0.1, 0.15) is 60.7 Å². The van der Waals surface area contributed by atoms with Crippen molar-refractivity contribution in [1.29, 1.82) is 0 Å². The Morgan fingerprint density at radius 2 is 1.93 bits per heavy atom. The number of thiophene rings is 1. The van der Waals surface area contributed by atoms with Gasteiger partial charge in [0.2, 0.25) is 11.8 Å². The van der Waals surface area contributed by atoms with Gasteiger partial charge >= 0.3 is 0 Å². The predicted molar refractivity (Wildman–Crippen MR) is 117 cm³/mol. The third-order valence-corrected chi connectivity index (χ3v) is 7.31. The molecule has 1 saturated carbocycles. The van der Waals surface area contributed by atoms with Gasteiger partial charge in [-0.25, -0.2) is 0 Å². The molecule has 5 heteroatoms. The second kappa shape index (κ2) is 8.31. The fraction of sp³-hybridized carbons (Fsp3) is 0.500. The van der Waals surface area contributed by atoms with Crippen LogP contribution >= 0.6 is 11.3 Å². The van der Waals surface area contributed by atoms with Gasteiger partial charge in [-0.05, 0) is 62.1 Å². The zero-order chi connectivity index (χ0) is 20.5. The normalized spacial score (nSPS) is 19.6. The molecule has 154 valence electrons. The molecule has 2 amide bonds. The topological polar surface area (TPSA) is 40.6 Å². The molecule has 4 rings (SSSR count). The minimum Gasteiger partial charge on any atom is -0.330 e. The number of amides is 2. The number of nitrogens with zero attached hydrogens (tertiary/aromatic N) is 2. The Morgan fingerprint density at radius 1 is 1.21 bits per heavy atom. The molecule has 0 spiro atoms. The summed E-state index contributed by atoms with van der Waals surface area (Å²) in [6.07, 6.45) is 3.69. The molecule has 1 aromatic heterocycles. The summed E-state index contributed by atoms with van der Waals surface area (Å²) in [7, 11) is 0. The van der Waals surface area contributed by atoms with Crippen LogP contribution in [0.3, 0.4) is 0 Å². The Balaban J connectivity index is 1.61. The maximum Gasteiger partial charge on any atom is 0.243 e. The Morgan fingerprint density at radius 3 is 2.59 bits per heavy atom. The number of fused-ring (bicyclic) bond motifs is 1. The summed E-state index contributed by atoms with van der Waals surface area (Å²) in [5, 5.41) is 2.13. The average Bonchev–Trinajstić information content (AvgIpc) is 3.47. The second-order valence-corrected chi connectivity index (χ2v) is 9.45. The van der Waals surface area contributed by atoms with E-state index in [2.05, 4.69) is 56.5 Å². The summed E-state index contributed by atoms with van der Waals surface area (Å²) in [6.45, 7) is 7.11. The van der Waals surface area contributed by atoms with E-state index in [9.17, 15) is 9.59 Å². The summed E-state index contributed by atoms with van der Waals surface area (Å²) in [6, 6.07) is 10.7. The number of carbonyl (C=O) groups excluding carboxylic acids is 2. The van der Waals surface area contributed by atoms with E-state index in [0.717, 1.165) is 31.2 Å². The molecule has 0 unspecified atom stereocenters. The maximum absolute atomic E-state index is 13.5. The lowest BCUT2D eigenvalue weighted by molar-refractivity contribution is -0.144. The third kappa shape index (κ3) is 4.11. The molecule has 2 atom stereocenters. The summed E-state index contributed by atoms with van der Waals surface area (Å²) in [5.41, 5.74) is 3.60. The van der Waals surface area contributed by atoms with E-state index in [0.29, 0.717) is 6.54 Å². The second-order valence-electron chi connectivity index (χ2n) is 8.45. The number of benzene rings is 1. The lowest BCUT2D eigenvalue weighted by Crippen LogP contribution is -2.49. The van der Waals surface area contributed by atoms with Gasteiger partial charge in [-0.15, -0.1) is 11.3 Å². The van der Waals surface area contributed by atoms with Crippen LogP contribution in [0.5, 0.6) is 0 Å². The highest BCUT2D eigenvalue weighted by molar-refractivity contribution is 7.10. The number of rotatable bonds is 6. The molecular formula is C24H30N2O2S. The van der Waals surface area contributed by atoms with Gasteiger partial charge in [-0.3, -0.25) is 9.59 Å². The number of aryl methyl sites for hydroxylation is 1. The fourth-order valence-electron chi connectivity index (χ4n) is 4.17.